The Morgan fingerprint density at radius 3 is 1.14 bits per heavy atom. The summed E-state index contributed by atoms with van der Waals surface area (Å²) in [6.07, 6.45) is 21.6. The number of piperidine rings is 4. The normalized spacial score (nSPS) is 20.2. The van der Waals surface area contributed by atoms with E-state index in [1.165, 1.54) is 38.5 Å². The molecule has 12 heterocycles. The van der Waals surface area contributed by atoms with Crippen molar-refractivity contribution in [1.29, 1.82) is 0 Å². The van der Waals surface area contributed by atoms with Gasteiger partial charge in [-0.25, -0.2) is 38.7 Å². The maximum Gasteiger partial charge on any atom is 0.304 e. The van der Waals surface area contributed by atoms with Crippen LogP contribution in [-0.2, 0) is 11.1 Å². The van der Waals surface area contributed by atoms with Crippen molar-refractivity contribution in [3.63, 3.8) is 0 Å². The highest BCUT2D eigenvalue weighted by Crippen LogP contribution is 2.35. The van der Waals surface area contributed by atoms with Gasteiger partial charge in [-0.05, 0) is 132 Å². The van der Waals surface area contributed by atoms with Gasteiger partial charge in [0.2, 0.25) is 31.9 Å². The first kappa shape index (κ1) is 73.9. The fourth-order valence-electron chi connectivity index (χ4n) is 15.1. The Labute approximate surface area is 595 Å². The topological polar surface area (TPSA) is 384 Å². The molecule has 2 saturated carbocycles. The average Bonchev–Trinajstić information content (AvgIpc) is 1.60. The standard InChI is InChI=1S/C18H25BN6O2.C17H23BN6O2.C16H23BN6O2.C15H21BN6O2/c1-11-14-16(25(23-11)13-7-3-2-4-8-13)20-15(21-17(14)26)12-6-5-9-24(10-12)18(27)22-19;18-22-17(26)23-8-4-5-11(10-23)14-20-15-13(16(25)21-14)9-19-24(15)12-6-2-1-3-7-12;1-9-11-13(23(21-9)16(2,3)4)18-12(19-14(11)24)10-6-5-7-22(8-10)15(25)20-17;1-15(2,3)22-12-10(7-17-22)13(23)19-11(18-12)9-5-4-6-21(8-9)14(24)20-16/h12-13H,2-10H2,1H3,(H,22,27)(H,20,21,26);9,11-12H,1-8,10H2,(H,22,26)(H,20,21,25);10H,5-8H2,1-4H3,(H,20,25)(H,18,19,24);7,9H,4-6,8H2,1-3H3,(H,20,24)(H,18,19,23). The first-order valence-electron chi connectivity index (χ1n) is 35.8. The summed E-state index contributed by atoms with van der Waals surface area (Å²) < 4.78 is 7.45. The van der Waals surface area contributed by atoms with E-state index in [0.717, 1.165) is 82.7 Å². The van der Waals surface area contributed by atoms with E-state index >= 15 is 0 Å². The number of fused-ring (bicyclic) bond motifs is 4. The zero-order chi connectivity index (χ0) is 72.9. The zero-order valence-corrected chi connectivity index (χ0v) is 59.7. The molecule has 32 nitrogen and oxygen atoms in total. The van der Waals surface area contributed by atoms with E-state index < -0.39 is 0 Å². The van der Waals surface area contributed by atoms with Gasteiger partial charge in [-0.3, -0.25) is 38.4 Å². The SMILES string of the molecule is [B]NC(=O)N1CCCC(c2nc3c(c(C)nn3C(C)(C)C)c(=O)[nH]2)C1.[B]NC(=O)N1CCCC(c2nc3c(c(C)nn3C3CCCCC3)c(=O)[nH]2)C1.[B]NC(=O)N1CCCC(c2nc3c(cnn3C(C)(C)C)c(=O)[nH]2)C1.[B]NC(=O)N1CCCC(c2nc3c(cnn3C3CCCCC3)c(=O)[nH]2)C1. The highest BCUT2D eigenvalue weighted by atomic mass is 16.2. The first-order valence-corrected chi connectivity index (χ1v) is 35.8. The lowest BCUT2D eigenvalue weighted by molar-refractivity contribution is 0.183. The van der Waals surface area contributed by atoms with Gasteiger partial charge in [0.1, 0.15) is 44.8 Å². The third-order valence-corrected chi connectivity index (χ3v) is 20.4. The zero-order valence-electron chi connectivity index (χ0n) is 59.7. The van der Waals surface area contributed by atoms with E-state index in [4.69, 9.17) is 46.9 Å². The molecule has 8 amide bonds. The lowest BCUT2D eigenvalue weighted by Crippen LogP contribution is -2.44. The van der Waals surface area contributed by atoms with Gasteiger partial charge in [0.15, 0.2) is 22.6 Å². The fraction of sp³-hybridized carbons (Fsp3) is 0.636. The van der Waals surface area contributed by atoms with Crippen LogP contribution in [-0.4, -0.2) is 207 Å². The quantitative estimate of drug-likeness (QED) is 0.0952. The minimum atomic E-state index is -0.317. The molecule has 4 aliphatic heterocycles. The van der Waals surface area contributed by atoms with Crippen LogP contribution in [0.5, 0.6) is 0 Å². The van der Waals surface area contributed by atoms with Crippen LogP contribution in [0.15, 0.2) is 31.6 Å². The molecule has 8 aromatic heterocycles. The number of carbonyl (C=O) groups excluding carboxylic acids is 4. The van der Waals surface area contributed by atoms with Crippen molar-refractivity contribution in [2.24, 2.45) is 0 Å². The molecule has 36 heteroatoms. The van der Waals surface area contributed by atoms with Crippen molar-refractivity contribution >= 4 is 100 Å². The van der Waals surface area contributed by atoms with Gasteiger partial charge >= 0.3 is 24.1 Å². The van der Waals surface area contributed by atoms with E-state index in [1.807, 2.05) is 64.8 Å². The van der Waals surface area contributed by atoms with Gasteiger partial charge in [0, 0.05) is 76.0 Å². The average molecular weight is 1390 g/mol. The van der Waals surface area contributed by atoms with Crippen LogP contribution in [0.25, 0.3) is 44.1 Å². The van der Waals surface area contributed by atoms with Crippen molar-refractivity contribution in [1.82, 2.24) is 120 Å². The molecule has 4 unspecified atom stereocenters. The van der Waals surface area contributed by atoms with Crippen LogP contribution in [0, 0.1) is 13.8 Å². The van der Waals surface area contributed by atoms with Crippen LogP contribution in [0.4, 0.5) is 19.2 Å². The monoisotopic (exact) mass is 1390 g/mol. The minimum Gasteiger partial charge on any atom is -0.391 e. The summed E-state index contributed by atoms with van der Waals surface area (Å²) in [4.78, 5) is 135. The summed E-state index contributed by atoms with van der Waals surface area (Å²) in [5.41, 5.74) is 2.63. The largest absolute Gasteiger partial charge is 0.391 e. The third-order valence-electron chi connectivity index (χ3n) is 20.4. The number of H-pyrrole nitrogens is 4. The van der Waals surface area contributed by atoms with Crippen molar-refractivity contribution in [3.8, 4) is 0 Å². The summed E-state index contributed by atoms with van der Waals surface area (Å²) in [6.45, 7) is 20.3. The number of aryl methyl sites for hydroxylation is 2. The molecule has 6 aliphatic rings. The molecule has 2 aliphatic carbocycles. The van der Waals surface area contributed by atoms with Crippen LogP contribution in [0.2, 0.25) is 0 Å². The first-order chi connectivity index (χ1) is 48.8. The van der Waals surface area contributed by atoms with Gasteiger partial charge in [-0.2, -0.15) is 20.4 Å². The van der Waals surface area contributed by atoms with Crippen molar-refractivity contribution < 1.29 is 19.2 Å². The minimum absolute atomic E-state index is 0.00661. The van der Waals surface area contributed by atoms with Crippen LogP contribution >= 0.6 is 0 Å². The van der Waals surface area contributed by atoms with Crippen LogP contribution in [0.3, 0.4) is 0 Å². The number of aromatic amines is 4. The summed E-state index contributed by atoms with van der Waals surface area (Å²) in [6, 6.07) is -0.611. The number of urea groups is 4. The summed E-state index contributed by atoms with van der Waals surface area (Å²) in [5.74, 6) is 2.37. The molecule has 4 atom stereocenters. The van der Waals surface area contributed by atoms with E-state index in [2.05, 4.69) is 66.2 Å². The number of aromatic nitrogens is 16. The van der Waals surface area contributed by atoms with Crippen LogP contribution < -0.4 is 43.1 Å². The Balaban J connectivity index is 0.000000137. The number of hydrogen-bond acceptors (Lipinski definition) is 16. The van der Waals surface area contributed by atoms with Gasteiger partial charge in [-0.1, -0.05) is 38.5 Å². The van der Waals surface area contributed by atoms with Crippen LogP contribution in [0.1, 0.15) is 228 Å². The Kier molecular flexibility index (Phi) is 22.9. The number of nitrogens with zero attached hydrogens (tertiary/aromatic N) is 16. The predicted octanol–water partition coefficient (Wildman–Crippen LogP) is 5.51. The second kappa shape index (κ2) is 31.5. The maximum atomic E-state index is 12.8. The Hall–Kier alpha value is -9.26. The molecule has 8 aromatic rings. The Morgan fingerprint density at radius 2 is 0.735 bits per heavy atom. The Morgan fingerprint density at radius 1 is 0.402 bits per heavy atom. The van der Waals surface area contributed by atoms with Crippen molar-refractivity contribution in [2.45, 2.75) is 218 Å². The molecule has 14 rings (SSSR count). The lowest BCUT2D eigenvalue weighted by atomic mass is 9.95. The summed E-state index contributed by atoms with van der Waals surface area (Å²) in [7, 11) is 21.0. The molecule has 0 bridgehead atoms. The summed E-state index contributed by atoms with van der Waals surface area (Å²) in [5, 5.41) is 28.7. The molecule has 536 valence electrons. The molecule has 6 fully saturated rings. The van der Waals surface area contributed by atoms with E-state index in [0.29, 0.717) is 138 Å². The van der Waals surface area contributed by atoms with Crippen molar-refractivity contribution in [3.05, 3.63) is 88.5 Å². The number of likely N-dealkylation sites (tertiary alicyclic amines) is 4. The van der Waals surface area contributed by atoms with E-state index in [1.54, 1.807) is 41.4 Å². The Bertz CT molecular complexity index is 4590. The third kappa shape index (κ3) is 16.1. The molecule has 4 saturated heterocycles. The van der Waals surface area contributed by atoms with Crippen molar-refractivity contribution in [2.75, 3.05) is 52.4 Å². The number of hydrogen-bond donors (Lipinski definition) is 8. The second-order valence-electron chi connectivity index (χ2n) is 29.7. The predicted molar refractivity (Wildman–Crippen MR) is 388 cm³/mol. The number of amides is 8. The molecular formula is C66H92B4N24O8. The summed E-state index contributed by atoms with van der Waals surface area (Å²) >= 11 is 0. The highest BCUT2D eigenvalue weighted by molar-refractivity contribution is 6.15. The molecule has 8 N–H and O–H groups in total. The smallest absolute Gasteiger partial charge is 0.304 e. The molecule has 0 spiro atoms. The molecular weight excluding hydrogens is 1300 g/mol. The number of rotatable bonds is 6. The maximum absolute atomic E-state index is 12.8. The molecule has 8 radical (unpaired) electrons. The van der Waals surface area contributed by atoms with Gasteiger partial charge < -0.3 is 60.4 Å². The van der Waals surface area contributed by atoms with E-state index in [-0.39, 0.29) is 81.1 Å². The molecule has 0 aromatic carbocycles. The number of carbonyl (C=O) groups is 4. The van der Waals surface area contributed by atoms with E-state index in [9.17, 15) is 38.4 Å². The lowest BCUT2D eigenvalue weighted by Gasteiger charge is -2.32. The highest BCUT2D eigenvalue weighted by Gasteiger charge is 2.34. The van der Waals surface area contributed by atoms with Gasteiger partial charge in [0.25, 0.3) is 22.2 Å². The second-order valence-corrected chi connectivity index (χ2v) is 29.7. The number of nitrogens with one attached hydrogen (secondary N) is 8. The fourth-order valence-corrected chi connectivity index (χ4v) is 15.1. The van der Waals surface area contributed by atoms with Gasteiger partial charge in [-0.15, -0.1) is 0 Å². The molecule has 102 heavy (non-hydrogen) atoms. The van der Waals surface area contributed by atoms with Gasteiger partial charge in [0.05, 0.1) is 46.9 Å².